The van der Waals surface area contributed by atoms with E-state index in [-0.39, 0.29) is 5.15 Å². The molecule has 134 valence electrons. The summed E-state index contributed by atoms with van der Waals surface area (Å²) in [5, 5.41) is 0.267. The number of hydrogen-bond acceptors (Lipinski definition) is 6. The Morgan fingerprint density at radius 2 is 1.22 bits per heavy atom. The molecule has 27 heavy (non-hydrogen) atoms. The van der Waals surface area contributed by atoms with E-state index in [4.69, 9.17) is 31.0 Å². The Hall–Kier alpha value is -3.25. The second-order valence-corrected chi connectivity index (χ2v) is 6.07. The molecule has 0 aliphatic carbocycles. The van der Waals surface area contributed by atoms with Crippen molar-refractivity contribution in [2.24, 2.45) is 0 Å². The van der Waals surface area contributed by atoms with Crippen molar-refractivity contribution in [2.75, 3.05) is 14.2 Å². The van der Waals surface area contributed by atoms with Gasteiger partial charge in [0.1, 0.15) is 23.3 Å². The van der Waals surface area contributed by atoms with Crippen LogP contribution in [-0.2, 0) is 0 Å². The molecule has 4 aromatic rings. The molecule has 0 spiro atoms. The molecule has 0 atom stereocenters. The van der Waals surface area contributed by atoms with E-state index in [2.05, 4.69) is 9.97 Å². The van der Waals surface area contributed by atoms with Crippen molar-refractivity contribution in [3.05, 3.63) is 60.0 Å². The lowest BCUT2D eigenvalue weighted by Crippen LogP contribution is -1.98. The molecule has 0 aliphatic rings. The summed E-state index contributed by atoms with van der Waals surface area (Å²) in [6, 6.07) is 15.2. The zero-order valence-electron chi connectivity index (χ0n) is 14.7. The van der Waals surface area contributed by atoms with Gasteiger partial charge in [-0.05, 0) is 48.5 Å². The first-order valence-electron chi connectivity index (χ1n) is 8.16. The zero-order chi connectivity index (χ0) is 18.8. The zero-order valence-corrected chi connectivity index (χ0v) is 15.4. The molecule has 0 fully saturated rings. The fourth-order valence-electron chi connectivity index (χ4n) is 2.75. The van der Waals surface area contributed by atoms with Gasteiger partial charge in [0.15, 0.2) is 10.8 Å². The monoisotopic (exact) mass is 378 g/mol. The summed E-state index contributed by atoms with van der Waals surface area (Å²) >= 11 is 6.21. The van der Waals surface area contributed by atoms with Crippen molar-refractivity contribution in [2.45, 2.75) is 0 Å². The number of halogens is 1. The largest absolute Gasteiger partial charge is 0.497 e. The minimum absolute atomic E-state index is 0.267. The van der Waals surface area contributed by atoms with Crippen LogP contribution in [0.5, 0.6) is 11.5 Å². The predicted molar refractivity (Wildman–Crippen MR) is 104 cm³/mol. The standard InChI is InChI=1S/C20H15ClN4O2/c1-26-14-7-3-12(4-8-14)16-17(13-5-9-15(27-2)10-6-13)25-20-18(24-16)19(21)22-11-23-20/h3-11H,1-2H3. The number of fused-ring (bicyclic) bond motifs is 1. The van der Waals surface area contributed by atoms with Gasteiger partial charge < -0.3 is 9.47 Å². The third-order valence-electron chi connectivity index (χ3n) is 4.15. The average Bonchev–Trinajstić information content (AvgIpc) is 2.73. The predicted octanol–water partition coefficient (Wildman–Crippen LogP) is 4.42. The highest BCUT2D eigenvalue weighted by atomic mass is 35.5. The maximum Gasteiger partial charge on any atom is 0.183 e. The Kier molecular flexibility index (Phi) is 4.56. The summed E-state index contributed by atoms with van der Waals surface area (Å²) in [6.07, 6.45) is 1.38. The number of aromatic nitrogens is 4. The number of hydrogen-bond donors (Lipinski definition) is 0. The van der Waals surface area contributed by atoms with Crippen molar-refractivity contribution < 1.29 is 9.47 Å². The van der Waals surface area contributed by atoms with Gasteiger partial charge >= 0.3 is 0 Å². The van der Waals surface area contributed by atoms with E-state index in [1.165, 1.54) is 6.33 Å². The molecule has 0 radical (unpaired) electrons. The van der Waals surface area contributed by atoms with Crippen LogP contribution in [0, 0.1) is 0 Å². The smallest absolute Gasteiger partial charge is 0.183 e. The van der Waals surface area contributed by atoms with Crippen LogP contribution in [0.15, 0.2) is 54.9 Å². The van der Waals surface area contributed by atoms with Crippen molar-refractivity contribution in [3.63, 3.8) is 0 Å². The summed E-state index contributed by atoms with van der Waals surface area (Å²) in [4.78, 5) is 17.7. The quantitative estimate of drug-likeness (QED) is 0.489. The summed E-state index contributed by atoms with van der Waals surface area (Å²) < 4.78 is 10.5. The molecule has 4 rings (SSSR count). The fourth-order valence-corrected chi connectivity index (χ4v) is 2.92. The molecule has 0 saturated carbocycles. The lowest BCUT2D eigenvalue weighted by atomic mass is 10.0. The molecule has 0 aliphatic heterocycles. The molecular formula is C20H15ClN4O2. The second-order valence-electron chi connectivity index (χ2n) is 5.71. The molecule has 2 heterocycles. The third-order valence-corrected chi connectivity index (χ3v) is 4.43. The van der Waals surface area contributed by atoms with E-state index >= 15 is 0 Å². The van der Waals surface area contributed by atoms with Gasteiger partial charge in [0.25, 0.3) is 0 Å². The lowest BCUT2D eigenvalue weighted by molar-refractivity contribution is 0.414. The molecule has 2 aromatic heterocycles. The Balaban J connectivity index is 1.96. The van der Waals surface area contributed by atoms with Gasteiger partial charge in [0.2, 0.25) is 0 Å². The van der Waals surface area contributed by atoms with Gasteiger partial charge in [-0.15, -0.1) is 0 Å². The average molecular weight is 379 g/mol. The van der Waals surface area contributed by atoms with E-state index in [0.29, 0.717) is 22.6 Å². The first-order valence-corrected chi connectivity index (χ1v) is 8.54. The Labute approximate surface area is 160 Å². The fraction of sp³-hybridized carbons (Fsp3) is 0.100. The number of methoxy groups -OCH3 is 2. The Bertz CT molecular complexity index is 1100. The van der Waals surface area contributed by atoms with Crippen LogP contribution in [0.3, 0.4) is 0 Å². The van der Waals surface area contributed by atoms with Crippen LogP contribution in [0.2, 0.25) is 5.15 Å². The molecule has 7 heteroatoms. The number of benzene rings is 2. The highest BCUT2D eigenvalue weighted by molar-refractivity contribution is 6.33. The van der Waals surface area contributed by atoms with Crippen LogP contribution < -0.4 is 9.47 Å². The van der Waals surface area contributed by atoms with Crippen LogP contribution in [0.4, 0.5) is 0 Å². The minimum atomic E-state index is 0.267. The Morgan fingerprint density at radius 3 is 1.74 bits per heavy atom. The second kappa shape index (κ2) is 7.17. The number of rotatable bonds is 4. The van der Waals surface area contributed by atoms with E-state index in [9.17, 15) is 0 Å². The normalized spacial score (nSPS) is 10.8. The number of nitrogens with zero attached hydrogens (tertiary/aromatic N) is 4. The van der Waals surface area contributed by atoms with Gasteiger partial charge in [0, 0.05) is 11.1 Å². The van der Waals surface area contributed by atoms with Crippen LogP contribution in [0.1, 0.15) is 0 Å². The van der Waals surface area contributed by atoms with Crippen molar-refractivity contribution in [1.82, 2.24) is 19.9 Å². The molecule has 0 amide bonds. The number of ether oxygens (including phenoxy) is 2. The molecule has 2 aromatic carbocycles. The molecule has 0 N–H and O–H groups in total. The first-order chi connectivity index (χ1) is 13.2. The van der Waals surface area contributed by atoms with Crippen LogP contribution in [0.25, 0.3) is 33.7 Å². The molecule has 6 nitrogen and oxygen atoms in total. The van der Waals surface area contributed by atoms with Gasteiger partial charge in [0.05, 0.1) is 25.6 Å². The van der Waals surface area contributed by atoms with Gasteiger partial charge in [-0.3, -0.25) is 0 Å². The maximum atomic E-state index is 6.21. The molecule has 0 bridgehead atoms. The summed E-state index contributed by atoms with van der Waals surface area (Å²) in [5.74, 6) is 1.53. The molecular weight excluding hydrogens is 364 g/mol. The highest BCUT2D eigenvalue weighted by Gasteiger charge is 2.16. The highest BCUT2D eigenvalue weighted by Crippen LogP contribution is 2.33. The molecule has 0 saturated heterocycles. The lowest BCUT2D eigenvalue weighted by Gasteiger charge is -2.11. The van der Waals surface area contributed by atoms with E-state index in [1.54, 1.807) is 14.2 Å². The van der Waals surface area contributed by atoms with Gasteiger partial charge in [-0.25, -0.2) is 19.9 Å². The molecule has 0 unspecified atom stereocenters. The van der Waals surface area contributed by atoms with Crippen molar-refractivity contribution in [3.8, 4) is 34.0 Å². The summed E-state index contributed by atoms with van der Waals surface area (Å²) in [6.45, 7) is 0. The summed E-state index contributed by atoms with van der Waals surface area (Å²) in [5.41, 5.74) is 4.07. The van der Waals surface area contributed by atoms with E-state index in [0.717, 1.165) is 22.6 Å². The van der Waals surface area contributed by atoms with E-state index in [1.807, 2.05) is 48.5 Å². The summed E-state index contributed by atoms with van der Waals surface area (Å²) in [7, 11) is 3.26. The van der Waals surface area contributed by atoms with Crippen LogP contribution in [-0.4, -0.2) is 34.2 Å². The topological polar surface area (TPSA) is 70.0 Å². The Morgan fingerprint density at radius 1 is 0.704 bits per heavy atom. The third kappa shape index (κ3) is 3.27. The van der Waals surface area contributed by atoms with Gasteiger partial charge in [-0.1, -0.05) is 11.6 Å². The van der Waals surface area contributed by atoms with Crippen LogP contribution >= 0.6 is 11.6 Å². The van der Waals surface area contributed by atoms with E-state index < -0.39 is 0 Å². The van der Waals surface area contributed by atoms with Crippen molar-refractivity contribution >= 4 is 22.8 Å². The maximum absolute atomic E-state index is 6.21. The SMILES string of the molecule is COc1ccc(-c2nc3ncnc(Cl)c3nc2-c2ccc(OC)cc2)cc1. The minimum Gasteiger partial charge on any atom is -0.497 e. The van der Waals surface area contributed by atoms with Gasteiger partial charge in [-0.2, -0.15) is 0 Å². The first kappa shape index (κ1) is 17.2. The van der Waals surface area contributed by atoms with Crippen molar-refractivity contribution in [1.29, 1.82) is 0 Å².